The van der Waals surface area contributed by atoms with Gasteiger partial charge in [0, 0.05) is 17.2 Å². The highest BCUT2D eigenvalue weighted by atomic mass is 32.2. The largest absolute Gasteiger partial charge is 0.496 e. The van der Waals surface area contributed by atoms with Gasteiger partial charge in [0.15, 0.2) is 5.82 Å². The maximum Gasteiger partial charge on any atom is 0.263 e. The van der Waals surface area contributed by atoms with E-state index in [0.717, 1.165) is 10.9 Å². The van der Waals surface area contributed by atoms with Crippen LogP contribution in [0.4, 0.5) is 10.2 Å². The maximum atomic E-state index is 13.8. The molecular formula is C27H18FN3O4S. The Kier molecular flexibility index (Phi) is 5.88. The van der Waals surface area contributed by atoms with Crippen LogP contribution in [0.25, 0.3) is 33.0 Å². The van der Waals surface area contributed by atoms with Crippen LogP contribution in [-0.4, -0.2) is 20.7 Å². The second-order valence-corrected chi connectivity index (χ2v) is 9.58. The maximum absolute atomic E-state index is 13.8. The van der Waals surface area contributed by atoms with Crippen molar-refractivity contribution in [1.82, 2.24) is 5.16 Å². The average Bonchev–Trinajstić information content (AvgIpc) is 3.39. The number of halogens is 1. The zero-order valence-electron chi connectivity index (χ0n) is 18.9. The van der Waals surface area contributed by atoms with Crippen molar-refractivity contribution in [2.45, 2.75) is 4.90 Å². The molecule has 4 aromatic carbocycles. The number of nitrogens with zero attached hydrogens (tertiary/aromatic N) is 2. The van der Waals surface area contributed by atoms with Crippen molar-refractivity contribution in [2.75, 3.05) is 11.8 Å². The molecule has 0 unspecified atom stereocenters. The first-order chi connectivity index (χ1) is 17.4. The zero-order valence-corrected chi connectivity index (χ0v) is 19.7. The van der Waals surface area contributed by atoms with Gasteiger partial charge in [0.05, 0.1) is 23.6 Å². The standard InChI is InChI=1S/C27H18FN3O4S/c1-34-26-15-24(17-4-2-6-20(28)12-17)19(16-29)14-25(26)23-7-3-5-18-13-21(8-9-22(18)23)36(32,33)31-27-10-11-35-30-27/h2-15H,1H3,(H,30,31). The van der Waals surface area contributed by atoms with Gasteiger partial charge in [-0.1, -0.05) is 41.6 Å². The van der Waals surface area contributed by atoms with Gasteiger partial charge in [0.1, 0.15) is 17.8 Å². The molecule has 1 N–H and O–H groups in total. The number of sulfonamides is 1. The number of ether oxygens (including phenoxy) is 1. The summed E-state index contributed by atoms with van der Waals surface area (Å²) in [4.78, 5) is 0.0567. The van der Waals surface area contributed by atoms with Crippen LogP contribution in [0.15, 0.2) is 94.5 Å². The predicted molar refractivity (Wildman–Crippen MR) is 133 cm³/mol. The lowest BCUT2D eigenvalue weighted by molar-refractivity contribution is 0.416. The second-order valence-electron chi connectivity index (χ2n) is 7.90. The Balaban J connectivity index is 1.63. The highest BCUT2D eigenvalue weighted by molar-refractivity contribution is 7.92. The van der Waals surface area contributed by atoms with E-state index in [1.54, 1.807) is 48.5 Å². The van der Waals surface area contributed by atoms with Crippen LogP contribution in [0.1, 0.15) is 5.56 Å². The van der Waals surface area contributed by atoms with Gasteiger partial charge in [0.2, 0.25) is 0 Å². The molecule has 0 saturated heterocycles. The molecule has 0 aliphatic carbocycles. The number of rotatable bonds is 6. The van der Waals surface area contributed by atoms with Gasteiger partial charge in [-0.25, -0.2) is 12.8 Å². The number of methoxy groups -OCH3 is 1. The topological polar surface area (TPSA) is 105 Å². The van der Waals surface area contributed by atoms with Crippen LogP contribution in [0.2, 0.25) is 0 Å². The van der Waals surface area contributed by atoms with E-state index in [0.29, 0.717) is 33.4 Å². The molecule has 9 heteroatoms. The highest BCUT2D eigenvalue weighted by Crippen LogP contribution is 2.40. The summed E-state index contributed by atoms with van der Waals surface area (Å²) in [7, 11) is -2.37. The predicted octanol–water partition coefficient (Wildman–Crippen LogP) is 5.98. The molecule has 0 amide bonds. The van der Waals surface area contributed by atoms with E-state index >= 15 is 0 Å². The van der Waals surface area contributed by atoms with Crippen molar-refractivity contribution >= 4 is 26.6 Å². The second kappa shape index (κ2) is 9.17. The summed E-state index contributed by atoms with van der Waals surface area (Å²) < 4.78 is 52.2. The Hall–Kier alpha value is -4.68. The van der Waals surface area contributed by atoms with Crippen molar-refractivity contribution < 1.29 is 22.1 Å². The van der Waals surface area contributed by atoms with E-state index in [1.165, 1.54) is 37.6 Å². The molecule has 0 radical (unpaired) electrons. The Morgan fingerprint density at radius 3 is 2.53 bits per heavy atom. The molecular weight excluding hydrogens is 481 g/mol. The van der Waals surface area contributed by atoms with Gasteiger partial charge in [-0.2, -0.15) is 5.26 Å². The summed E-state index contributed by atoms with van der Waals surface area (Å²) in [6.45, 7) is 0. The number of nitrogens with one attached hydrogen (secondary N) is 1. The van der Waals surface area contributed by atoms with E-state index in [2.05, 4.69) is 20.5 Å². The molecule has 178 valence electrons. The lowest BCUT2D eigenvalue weighted by Crippen LogP contribution is -2.13. The van der Waals surface area contributed by atoms with Crippen molar-refractivity contribution in [3.05, 3.63) is 96.5 Å². The molecule has 1 heterocycles. The third-order valence-corrected chi connectivity index (χ3v) is 7.08. The number of benzene rings is 4. The molecule has 36 heavy (non-hydrogen) atoms. The van der Waals surface area contributed by atoms with Gasteiger partial charge in [0.25, 0.3) is 10.0 Å². The Bertz CT molecular complexity index is 1740. The minimum absolute atomic E-state index is 0.0567. The van der Waals surface area contributed by atoms with Crippen LogP contribution in [0.3, 0.4) is 0 Å². The minimum atomic E-state index is -3.89. The first-order valence-corrected chi connectivity index (χ1v) is 12.2. The normalized spacial score (nSPS) is 11.2. The van der Waals surface area contributed by atoms with Gasteiger partial charge in [-0.05, 0) is 58.3 Å². The molecule has 1 aromatic heterocycles. The summed E-state index contributed by atoms with van der Waals surface area (Å²) in [6, 6.07) is 23.2. The number of fused-ring (bicyclic) bond motifs is 1. The molecule has 0 fully saturated rings. The molecule has 5 aromatic rings. The zero-order chi connectivity index (χ0) is 25.3. The van der Waals surface area contributed by atoms with Crippen molar-refractivity contribution in [3.63, 3.8) is 0 Å². The van der Waals surface area contributed by atoms with E-state index < -0.39 is 15.8 Å². The number of hydrogen-bond donors (Lipinski definition) is 1. The van der Waals surface area contributed by atoms with Crippen LogP contribution in [-0.2, 0) is 10.0 Å². The Labute approximate surface area is 206 Å². The molecule has 0 aliphatic rings. The summed E-state index contributed by atoms with van der Waals surface area (Å²) in [5, 5.41) is 14.9. The quantitative estimate of drug-likeness (QED) is 0.308. The van der Waals surface area contributed by atoms with Crippen LogP contribution >= 0.6 is 0 Å². The molecule has 5 rings (SSSR count). The van der Waals surface area contributed by atoms with Gasteiger partial charge < -0.3 is 9.26 Å². The summed E-state index contributed by atoms with van der Waals surface area (Å²) >= 11 is 0. The number of aromatic nitrogens is 1. The van der Waals surface area contributed by atoms with E-state index in [-0.39, 0.29) is 10.7 Å². The van der Waals surface area contributed by atoms with E-state index in [9.17, 15) is 18.1 Å². The Morgan fingerprint density at radius 1 is 0.972 bits per heavy atom. The van der Waals surface area contributed by atoms with Gasteiger partial charge in [-0.15, -0.1) is 0 Å². The first kappa shape index (κ1) is 23.1. The lowest BCUT2D eigenvalue weighted by atomic mass is 9.92. The fraction of sp³-hybridized carbons (Fsp3) is 0.0370. The van der Waals surface area contributed by atoms with Crippen LogP contribution in [0, 0.1) is 17.1 Å². The number of hydrogen-bond acceptors (Lipinski definition) is 6. The molecule has 7 nitrogen and oxygen atoms in total. The molecule has 0 spiro atoms. The summed E-state index contributed by atoms with van der Waals surface area (Å²) in [5.41, 5.74) is 2.86. The van der Waals surface area contributed by atoms with Crippen molar-refractivity contribution in [1.29, 1.82) is 5.26 Å². The van der Waals surface area contributed by atoms with E-state index in [1.807, 2.05) is 6.07 Å². The van der Waals surface area contributed by atoms with Crippen molar-refractivity contribution in [2.24, 2.45) is 0 Å². The molecule has 0 saturated carbocycles. The average molecular weight is 500 g/mol. The highest BCUT2D eigenvalue weighted by Gasteiger charge is 2.19. The van der Waals surface area contributed by atoms with Crippen LogP contribution in [0.5, 0.6) is 5.75 Å². The van der Waals surface area contributed by atoms with Crippen LogP contribution < -0.4 is 9.46 Å². The lowest BCUT2D eigenvalue weighted by Gasteiger charge is -2.15. The fourth-order valence-electron chi connectivity index (χ4n) is 4.07. The Morgan fingerprint density at radius 2 is 1.81 bits per heavy atom. The summed E-state index contributed by atoms with van der Waals surface area (Å²) in [6.07, 6.45) is 1.27. The molecule has 0 bridgehead atoms. The van der Waals surface area contributed by atoms with Gasteiger partial charge >= 0.3 is 0 Å². The third kappa shape index (κ3) is 4.26. The SMILES string of the molecule is COc1cc(-c2cccc(F)c2)c(C#N)cc1-c1cccc2cc(S(=O)(=O)Nc3ccon3)ccc12. The molecule has 0 aliphatic heterocycles. The monoisotopic (exact) mass is 499 g/mol. The fourth-order valence-corrected chi connectivity index (χ4v) is 5.10. The number of nitriles is 1. The van der Waals surface area contributed by atoms with Crippen molar-refractivity contribution in [3.8, 4) is 34.1 Å². The van der Waals surface area contributed by atoms with E-state index in [4.69, 9.17) is 4.74 Å². The van der Waals surface area contributed by atoms with Gasteiger partial charge in [-0.3, -0.25) is 4.72 Å². The third-order valence-electron chi connectivity index (χ3n) is 5.72. The minimum Gasteiger partial charge on any atom is -0.496 e. The first-order valence-electron chi connectivity index (χ1n) is 10.7. The number of anilines is 1. The molecule has 0 atom stereocenters. The summed E-state index contributed by atoms with van der Waals surface area (Å²) in [5.74, 6) is 0.165. The smallest absolute Gasteiger partial charge is 0.263 e.